The molecular weight excluding hydrogens is 326 g/mol. The Hall–Kier alpha value is -2.57. The predicted molar refractivity (Wildman–Crippen MR) is 91.6 cm³/mol. The van der Waals surface area contributed by atoms with E-state index < -0.39 is 17.5 Å². The number of nitrogens with one attached hydrogen (secondary N) is 1. The molecule has 1 aliphatic rings. The lowest BCUT2D eigenvalue weighted by Crippen LogP contribution is -2.39. The fourth-order valence-corrected chi connectivity index (χ4v) is 3.10. The fraction of sp³-hybridized carbons (Fsp3) is 0.389. The summed E-state index contributed by atoms with van der Waals surface area (Å²) in [6.45, 7) is 3.09. The highest BCUT2D eigenvalue weighted by molar-refractivity contribution is 6.02. The van der Waals surface area contributed by atoms with Crippen LogP contribution in [0, 0.1) is 11.6 Å². The second-order valence-electron chi connectivity index (χ2n) is 6.11. The summed E-state index contributed by atoms with van der Waals surface area (Å²) >= 11 is 0. The number of piperidine rings is 1. The van der Waals surface area contributed by atoms with Crippen LogP contribution >= 0.6 is 0 Å². The number of aromatic nitrogens is 2. The minimum atomic E-state index is -1.02. The number of nitrogens with zero attached hydrogens (tertiary/aromatic N) is 3. The van der Waals surface area contributed by atoms with Crippen LogP contribution in [-0.2, 0) is 0 Å². The largest absolute Gasteiger partial charge is 0.352 e. The molecular formula is C18H20F2N4O. The van der Waals surface area contributed by atoms with E-state index in [9.17, 15) is 13.6 Å². The first-order valence-corrected chi connectivity index (χ1v) is 8.45. The molecule has 1 aromatic carbocycles. The smallest absolute Gasteiger partial charge is 0.276 e. The van der Waals surface area contributed by atoms with Gasteiger partial charge in [0.2, 0.25) is 0 Å². The molecule has 1 unspecified atom stereocenters. The van der Waals surface area contributed by atoms with Crippen molar-refractivity contribution in [2.45, 2.75) is 38.6 Å². The molecule has 1 atom stereocenters. The lowest BCUT2D eigenvalue weighted by molar-refractivity contribution is 0.102. The number of carbonyl (C=O) groups excluding carboxylic acids is 1. The van der Waals surface area contributed by atoms with Gasteiger partial charge in [-0.15, -0.1) is 10.2 Å². The molecule has 1 aliphatic heterocycles. The molecule has 0 radical (unpaired) electrons. The number of hydrogen-bond acceptors (Lipinski definition) is 4. The lowest BCUT2D eigenvalue weighted by Gasteiger charge is -2.35. The molecule has 0 aliphatic carbocycles. The third-order valence-corrected chi connectivity index (χ3v) is 4.45. The fourth-order valence-electron chi connectivity index (χ4n) is 3.10. The van der Waals surface area contributed by atoms with Crippen molar-refractivity contribution in [3.8, 4) is 0 Å². The summed E-state index contributed by atoms with van der Waals surface area (Å²) in [5.41, 5.74) is 0.287. The van der Waals surface area contributed by atoms with E-state index in [0.29, 0.717) is 6.04 Å². The Morgan fingerprint density at radius 3 is 2.72 bits per heavy atom. The SMILES string of the molecule is CCC1CCCCN1c1ccc(C(=O)Nc2ccc(F)c(F)c2)nn1. The first kappa shape index (κ1) is 17.3. The van der Waals surface area contributed by atoms with Crippen LogP contribution in [0.5, 0.6) is 0 Å². The molecule has 1 saturated heterocycles. The molecule has 0 saturated carbocycles. The van der Waals surface area contributed by atoms with Crippen molar-refractivity contribution in [2.75, 3.05) is 16.8 Å². The van der Waals surface area contributed by atoms with Gasteiger partial charge in [-0.1, -0.05) is 6.92 Å². The van der Waals surface area contributed by atoms with Crippen molar-refractivity contribution in [1.29, 1.82) is 0 Å². The number of halogens is 2. The van der Waals surface area contributed by atoms with Gasteiger partial charge in [0.05, 0.1) is 0 Å². The second-order valence-corrected chi connectivity index (χ2v) is 6.11. The summed E-state index contributed by atoms with van der Waals surface area (Å²) in [6, 6.07) is 7.00. The molecule has 1 fully saturated rings. The second kappa shape index (κ2) is 7.55. The van der Waals surface area contributed by atoms with Crippen LogP contribution in [0.4, 0.5) is 20.3 Å². The topological polar surface area (TPSA) is 58.1 Å². The van der Waals surface area contributed by atoms with Gasteiger partial charge in [-0.05, 0) is 49.9 Å². The Morgan fingerprint density at radius 2 is 2.04 bits per heavy atom. The molecule has 1 N–H and O–H groups in total. The quantitative estimate of drug-likeness (QED) is 0.915. The van der Waals surface area contributed by atoms with E-state index in [1.165, 1.54) is 12.5 Å². The zero-order chi connectivity index (χ0) is 17.8. The van der Waals surface area contributed by atoms with E-state index in [1.54, 1.807) is 12.1 Å². The molecule has 0 spiro atoms. The maximum Gasteiger partial charge on any atom is 0.276 e. The number of rotatable bonds is 4. The van der Waals surface area contributed by atoms with Crippen LogP contribution in [0.2, 0.25) is 0 Å². The summed E-state index contributed by atoms with van der Waals surface area (Å²) in [5.74, 6) is -1.74. The zero-order valence-corrected chi connectivity index (χ0v) is 14.0. The summed E-state index contributed by atoms with van der Waals surface area (Å²) in [6.07, 6.45) is 4.52. The number of anilines is 2. The summed E-state index contributed by atoms with van der Waals surface area (Å²) in [4.78, 5) is 14.4. The van der Waals surface area contributed by atoms with Crippen LogP contribution in [0.15, 0.2) is 30.3 Å². The average molecular weight is 346 g/mol. The number of hydrogen-bond donors (Lipinski definition) is 1. The van der Waals surface area contributed by atoms with E-state index in [-0.39, 0.29) is 11.4 Å². The van der Waals surface area contributed by atoms with Crippen molar-refractivity contribution in [2.24, 2.45) is 0 Å². The average Bonchev–Trinajstić information content (AvgIpc) is 2.65. The van der Waals surface area contributed by atoms with E-state index >= 15 is 0 Å². The highest BCUT2D eigenvalue weighted by atomic mass is 19.2. The van der Waals surface area contributed by atoms with Gasteiger partial charge in [0.1, 0.15) is 0 Å². The molecule has 2 aromatic rings. The molecule has 3 rings (SSSR count). The van der Waals surface area contributed by atoms with Gasteiger partial charge in [0, 0.05) is 24.3 Å². The van der Waals surface area contributed by atoms with E-state index in [1.807, 2.05) is 0 Å². The first-order valence-electron chi connectivity index (χ1n) is 8.45. The monoisotopic (exact) mass is 346 g/mol. The van der Waals surface area contributed by atoms with Crippen LogP contribution in [0.1, 0.15) is 43.1 Å². The van der Waals surface area contributed by atoms with Crippen LogP contribution in [0.25, 0.3) is 0 Å². The van der Waals surface area contributed by atoms with Crippen molar-refractivity contribution in [3.05, 3.63) is 47.7 Å². The summed E-state index contributed by atoms with van der Waals surface area (Å²) < 4.78 is 26.1. The summed E-state index contributed by atoms with van der Waals surface area (Å²) in [7, 11) is 0. The number of benzene rings is 1. The van der Waals surface area contributed by atoms with Gasteiger partial charge in [-0.25, -0.2) is 8.78 Å². The third kappa shape index (κ3) is 3.92. The molecule has 1 amide bonds. The van der Waals surface area contributed by atoms with Crippen molar-refractivity contribution >= 4 is 17.4 Å². The third-order valence-electron chi connectivity index (χ3n) is 4.45. The van der Waals surface area contributed by atoms with E-state index in [2.05, 4.69) is 27.3 Å². The predicted octanol–water partition coefficient (Wildman–Crippen LogP) is 3.78. The maximum absolute atomic E-state index is 13.2. The first-order chi connectivity index (χ1) is 12.1. The van der Waals surface area contributed by atoms with Crippen LogP contribution < -0.4 is 10.2 Å². The molecule has 25 heavy (non-hydrogen) atoms. The van der Waals surface area contributed by atoms with Crippen molar-refractivity contribution in [1.82, 2.24) is 10.2 Å². The highest BCUT2D eigenvalue weighted by Gasteiger charge is 2.22. The van der Waals surface area contributed by atoms with Gasteiger partial charge < -0.3 is 10.2 Å². The van der Waals surface area contributed by atoms with Gasteiger partial charge in [-0.2, -0.15) is 0 Å². The Labute approximate surface area is 145 Å². The van der Waals surface area contributed by atoms with Gasteiger partial charge in [0.25, 0.3) is 5.91 Å². The Morgan fingerprint density at radius 1 is 1.20 bits per heavy atom. The molecule has 5 nitrogen and oxygen atoms in total. The number of carbonyl (C=O) groups is 1. The van der Waals surface area contributed by atoms with E-state index in [0.717, 1.165) is 43.8 Å². The Kier molecular flexibility index (Phi) is 5.21. The molecule has 2 heterocycles. The Bertz CT molecular complexity index is 751. The minimum absolute atomic E-state index is 0.124. The molecule has 7 heteroatoms. The van der Waals surface area contributed by atoms with Gasteiger partial charge in [0.15, 0.2) is 23.1 Å². The van der Waals surface area contributed by atoms with Gasteiger partial charge >= 0.3 is 0 Å². The van der Waals surface area contributed by atoms with Gasteiger partial charge in [-0.3, -0.25) is 4.79 Å². The number of amides is 1. The molecule has 1 aromatic heterocycles. The van der Waals surface area contributed by atoms with Crippen LogP contribution in [-0.4, -0.2) is 28.7 Å². The van der Waals surface area contributed by atoms with Crippen molar-refractivity contribution < 1.29 is 13.6 Å². The molecule has 0 bridgehead atoms. The minimum Gasteiger partial charge on any atom is -0.352 e. The van der Waals surface area contributed by atoms with E-state index in [4.69, 9.17) is 0 Å². The summed E-state index contributed by atoms with van der Waals surface area (Å²) in [5, 5.41) is 10.6. The zero-order valence-electron chi connectivity index (χ0n) is 14.0. The lowest BCUT2D eigenvalue weighted by atomic mass is 10.0. The standard InChI is InChI=1S/C18H20F2N4O/c1-2-13-5-3-4-10-24(13)17-9-8-16(22-23-17)18(25)21-12-6-7-14(19)15(20)11-12/h6-9,11,13H,2-5,10H2,1H3,(H,21,25). The van der Waals surface area contributed by atoms with Crippen molar-refractivity contribution in [3.63, 3.8) is 0 Å². The Balaban J connectivity index is 1.70. The maximum atomic E-state index is 13.2. The normalized spacial score (nSPS) is 17.4. The highest BCUT2D eigenvalue weighted by Crippen LogP contribution is 2.24. The van der Waals surface area contributed by atoms with Crippen LogP contribution in [0.3, 0.4) is 0 Å². The molecule has 132 valence electrons.